The van der Waals surface area contributed by atoms with Gasteiger partial charge in [0.15, 0.2) is 0 Å². The fraction of sp³-hybridized carbons (Fsp3) is 0.192. The molecule has 0 bridgehead atoms. The molecule has 1 fully saturated rings. The van der Waals surface area contributed by atoms with Gasteiger partial charge in [0.05, 0.1) is 0 Å². The molecule has 0 N–H and O–H groups in total. The van der Waals surface area contributed by atoms with Crippen molar-refractivity contribution in [3.8, 4) is 0 Å². The Bertz CT molecular complexity index is 1060. The zero-order valence-electron chi connectivity index (χ0n) is 16.1. The van der Waals surface area contributed by atoms with Crippen LogP contribution in [0.25, 0.3) is 21.9 Å². The Morgan fingerprint density at radius 2 is 1.68 bits per heavy atom. The maximum absolute atomic E-state index is 6.24. The first-order valence-electron chi connectivity index (χ1n) is 9.78. The van der Waals surface area contributed by atoms with Gasteiger partial charge in [-0.15, -0.1) is 0 Å². The van der Waals surface area contributed by atoms with Crippen LogP contribution < -0.4 is 0 Å². The van der Waals surface area contributed by atoms with E-state index in [-0.39, 0.29) is 0 Å². The molecule has 1 nitrogen and oxygen atoms in total. The second-order valence-electron chi connectivity index (χ2n) is 7.72. The smallest absolute Gasteiger partial charge is 0.0340 e. The lowest BCUT2D eigenvalue weighted by atomic mass is 9.74. The third-order valence-electron chi connectivity index (χ3n) is 5.46. The second kappa shape index (κ2) is 8.16. The highest BCUT2D eigenvalue weighted by Gasteiger charge is 2.25. The molecule has 28 heavy (non-hydrogen) atoms. The Morgan fingerprint density at radius 3 is 2.36 bits per heavy atom. The standard InChI is InChI=1S/C26H24ClN/c1-18-13-20(14-18)16-26(24-8-7-21-5-3-4-6-23(21)17-24)25(15-19(2)27)22-9-11-28-12-10-22/h3-12,15-18,20H,2,13-14H2,1H3/b25-15-,26-16-/t18-,20+. The van der Waals surface area contributed by atoms with Crippen molar-refractivity contribution in [2.75, 3.05) is 0 Å². The van der Waals surface area contributed by atoms with Crippen LogP contribution in [0.15, 0.2) is 90.8 Å². The van der Waals surface area contributed by atoms with Gasteiger partial charge in [-0.1, -0.05) is 67.6 Å². The van der Waals surface area contributed by atoms with Gasteiger partial charge in [-0.2, -0.15) is 0 Å². The van der Waals surface area contributed by atoms with Crippen LogP contribution in [0.4, 0.5) is 0 Å². The lowest BCUT2D eigenvalue weighted by Gasteiger charge is -2.31. The first-order chi connectivity index (χ1) is 13.6. The molecule has 0 aliphatic heterocycles. The maximum Gasteiger partial charge on any atom is 0.0340 e. The molecule has 0 unspecified atom stereocenters. The summed E-state index contributed by atoms with van der Waals surface area (Å²) in [4.78, 5) is 4.18. The molecule has 2 aromatic carbocycles. The summed E-state index contributed by atoms with van der Waals surface area (Å²) in [6.07, 6.45) is 10.5. The van der Waals surface area contributed by atoms with Crippen molar-refractivity contribution < 1.29 is 0 Å². The molecule has 4 rings (SSSR count). The van der Waals surface area contributed by atoms with Gasteiger partial charge in [-0.3, -0.25) is 4.98 Å². The molecule has 0 radical (unpaired) electrons. The predicted octanol–water partition coefficient (Wildman–Crippen LogP) is 7.50. The van der Waals surface area contributed by atoms with Crippen LogP contribution in [0.3, 0.4) is 0 Å². The van der Waals surface area contributed by atoms with Crippen molar-refractivity contribution in [1.82, 2.24) is 4.98 Å². The van der Waals surface area contributed by atoms with Gasteiger partial charge in [-0.25, -0.2) is 0 Å². The molecule has 1 heterocycles. The Hall–Kier alpha value is -2.64. The summed E-state index contributed by atoms with van der Waals surface area (Å²) in [5.74, 6) is 1.40. The van der Waals surface area contributed by atoms with E-state index in [4.69, 9.17) is 11.6 Å². The molecule has 0 amide bonds. The first-order valence-corrected chi connectivity index (χ1v) is 10.2. The molecule has 1 saturated carbocycles. The van der Waals surface area contributed by atoms with Gasteiger partial charge in [0, 0.05) is 17.4 Å². The Morgan fingerprint density at radius 1 is 0.964 bits per heavy atom. The van der Waals surface area contributed by atoms with E-state index in [9.17, 15) is 0 Å². The summed E-state index contributed by atoms with van der Waals surface area (Å²) in [5, 5.41) is 3.02. The highest BCUT2D eigenvalue weighted by atomic mass is 35.5. The largest absolute Gasteiger partial charge is 0.265 e. The predicted molar refractivity (Wildman–Crippen MR) is 121 cm³/mol. The van der Waals surface area contributed by atoms with Gasteiger partial charge in [0.25, 0.3) is 0 Å². The van der Waals surface area contributed by atoms with Gasteiger partial charge >= 0.3 is 0 Å². The average Bonchev–Trinajstić information content (AvgIpc) is 2.69. The molecule has 2 heteroatoms. The van der Waals surface area contributed by atoms with Crippen LogP contribution >= 0.6 is 11.6 Å². The molecule has 0 spiro atoms. The molecule has 1 aliphatic rings. The van der Waals surface area contributed by atoms with Crippen LogP contribution in [-0.2, 0) is 0 Å². The van der Waals surface area contributed by atoms with Crippen molar-refractivity contribution in [3.63, 3.8) is 0 Å². The van der Waals surface area contributed by atoms with Crippen molar-refractivity contribution in [1.29, 1.82) is 0 Å². The lowest BCUT2D eigenvalue weighted by molar-refractivity contribution is 0.263. The molecule has 0 atom stereocenters. The van der Waals surface area contributed by atoms with Crippen molar-refractivity contribution in [2.24, 2.45) is 11.8 Å². The topological polar surface area (TPSA) is 12.9 Å². The number of pyridine rings is 1. The number of aromatic nitrogens is 1. The van der Waals surface area contributed by atoms with E-state index in [1.807, 2.05) is 30.6 Å². The quantitative estimate of drug-likeness (QED) is 0.414. The van der Waals surface area contributed by atoms with Gasteiger partial charge < -0.3 is 0 Å². The number of hydrogen-bond acceptors (Lipinski definition) is 1. The molecule has 1 aliphatic carbocycles. The van der Waals surface area contributed by atoms with Crippen molar-refractivity contribution in [2.45, 2.75) is 19.8 Å². The summed E-state index contributed by atoms with van der Waals surface area (Å²) in [5.41, 5.74) is 4.62. The van der Waals surface area contributed by atoms with E-state index >= 15 is 0 Å². The number of hydrogen-bond donors (Lipinski definition) is 0. The lowest BCUT2D eigenvalue weighted by Crippen LogP contribution is -2.19. The third kappa shape index (κ3) is 4.10. The monoisotopic (exact) mass is 385 g/mol. The Balaban J connectivity index is 1.87. The second-order valence-corrected chi connectivity index (χ2v) is 8.21. The highest BCUT2D eigenvalue weighted by molar-refractivity contribution is 6.32. The molecule has 1 aromatic heterocycles. The van der Waals surface area contributed by atoms with Crippen LogP contribution in [0.1, 0.15) is 30.9 Å². The van der Waals surface area contributed by atoms with E-state index in [1.54, 1.807) is 0 Å². The van der Waals surface area contributed by atoms with Crippen molar-refractivity contribution >= 4 is 33.5 Å². The van der Waals surface area contributed by atoms with Crippen molar-refractivity contribution in [3.05, 3.63) is 102 Å². The number of benzene rings is 2. The molecule has 0 saturated heterocycles. The third-order valence-corrected chi connectivity index (χ3v) is 5.56. The number of allylic oxidation sites excluding steroid dienone is 5. The van der Waals surface area contributed by atoms with E-state index in [1.165, 1.54) is 34.8 Å². The van der Waals surface area contributed by atoms with E-state index < -0.39 is 0 Å². The van der Waals surface area contributed by atoms with Crippen LogP contribution in [0, 0.1) is 11.8 Å². The van der Waals surface area contributed by atoms with Gasteiger partial charge in [0.1, 0.15) is 0 Å². The normalized spacial score (nSPS) is 20.1. The van der Waals surface area contributed by atoms with Crippen LogP contribution in [0.5, 0.6) is 0 Å². The van der Waals surface area contributed by atoms with E-state index in [0.29, 0.717) is 11.0 Å². The summed E-state index contributed by atoms with van der Waals surface area (Å²) < 4.78 is 0. The number of nitrogens with zero attached hydrogens (tertiary/aromatic N) is 1. The zero-order valence-corrected chi connectivity index (χ0v) is 16.9. The van der Waals surface area contributed by atoms with Crippen LogP contribution in [0.2, 0.25) is 0 Å². The number of rotatable bonds is 5. The van der Waals surface area contributed by atoms with Gasteiger partial charge in [-0.05, 0) is 82.0 Å². The Labute approximate surface area is 172 Å². The summed E-state index contributed by atoms with van der Waals surface area (Å²) >= 11 is 6.24. The van der Waals surface area contributed by atoms with E-state index in [0.717, 1.165) is 17.1 Å². The highest BCUT2D eigenvalue weighted by Crippen LogP contribution is 2.40. The molecular weight excluding hydrogens is 362 g/mol. The summed E-state index contributed by atoms with van der Waals surface area (Å²) in [6, 6.07) is 19.2. The first kappa shape index (κ1) is 18.7. The zero-order chi connectivity index (χ0) is 19.5. The fourth-order valence-corrected chi connectivity index (χ4v) is 4.15. The van der Waals surface area contributed by atoms with E-state index in [2.05, 4.69) is 67.0 Å². The van der Waals surface area contributed by atoms with Gasteiger partial charge in [0.2, 0.25) is 0 Å². The number of halogens is 1. The fourth-order valence-electron chi connectivity index (χ4n) is 4.04. The Kier molecular flexibility index (Phi) is 5.45. The molecule has 3 aromatic rings. The number of fused-ring (bicyclic) bond motifs is 1. The minimum absolute atomic E-state index is 0.528. The maximum atomic E-state index is 6.24. The molecular formula is C26H24ClN. The van der Waals surface area contributed by atoms with Crippen LogP contribution in [-0.4, -0.2) is 4.98 Å². The average molecular weight is 386 g/mol. The SMILES string of the molecule is C=C(Cl)/C=C(\C(=C/[C@H]1C[C@@H](C)C1)c1ccc2ccccc2c1)c1ccncc1. The summed E-state index contributed by atoms with van der Waals surface area (Å²) in [7, 11) is 0. The molecule has 140 valence electrons. The minimum atomic E-state index is 0.528. The minimum Gasteiger partial charge on any atom is -0.265 e. The summed E-state index contributed by atoms with van der Waals surface area (Å²) in [6.45, 7) is 6.24.